The highest BCUT2D eigenvalue weighted by Crippen LogP contribution is 2.37. The van der Waals surface area contributed by atoms with Crippen LogP contribution in [0, 0.1) is 5.82 Å². The molecule has 0 aliphatic heterocycles. The van der Waals surface area contributed by atoms with Crippen LogP contribution in [0.15, 0.2) is 42.5 Å². The first kappa shape index (κ1) is 15.5. The minimum atomic E-state index is -4.44. The number of nitrogens with one attached hydrogen (secondary N) is 1. The molecule has 0 unspecified atom stereocenters. The molecule has 0 amide bonds. The molecule has 2 aromatic carbocycles. The Balaban J connectivity index is 2.48. The van der Waals surface area contributed by atoms with Gasteiger partial charge in [-0.1, -0.05) is 31.2 Å². The molecule has 0 fully saturated rings. The monoisotopic (exact) mass is 297 g/mol. The highest BCUT2D eigenvalue weighted by Gasteiger charge is 2.33. The zero-order valence-corrected chi connectivity index (χ0v) is 11.5. The summed E-state index contributed by atoms with van der Waals surface area (Å²) in [6, 6.07) is 9.34. The van der Waals surface area contributed by atoms with Crippen LogP contribution < -0.4 is 5.32 Å². The third kappa shape index (κ3) is 3.61. The van der Waals surface area contributed by atoms with E-state index in [4.69, 9.17) is 0 Å². The Morgan fingerprint density at radius 1 is 1.05 bits per heavy atom. The maximum absolute atomic E-state index is 13.7. The summed E-state index contributed by atoms with van der Waals surface area (Å²) < 4.78 is 52.8. The van der Waals surface area contributed by atoms with Gasteiger partial charge in [0.15, 0.2) is 0 Å². The summed E-state index contributed by atoms with van der Waals surface area (Å²) >= 11 is 0. The van der Waals surface area contributed by atoms with Crippen LogP contribution >= 0.6 is 0 Å². The summed E-state index contributed by atoms with van der Waals surface area (Å²) in [5, 5.41) is 2.97. The summed E-state index contributed by atoms with van der Waals surface area (Å²) in [7, 11) is 0. The third-order valence-electron chi connectivity index (χ3n) is 3.15. The first-order valence-corrected chi connectivity index (χ1v) is 6.59. The predicted molar refractivity (Wildman–Crippen MR) is 74.2 cm³/mol. The number of benzene rings is 2. The fraction of sp³-hybridized carbons (Fsp3) is 0.250. The van der Waals surface area contributed by atoms with E-state index in [1.807, 2.05) is 6.92 Å². The summed E-state index contributed by atoms with van der Waals surface area (Å²) in [5.41, 5.74) is 0.0531. The van der Waals surface area contributed by atoms with Gasteiger partial charge in [0.2, 0.25) is 0 Å². The summed E-state index contributed by atoms with van der Waals surface area (Å²) in [6.45, 7) is 2.81. The van der Waals surface area contributed by atoms with Crippen molar-refractivity contribution in [2.24, 2.45) is 0 Å². The van der Waals surface area contributed by atoms with Crippen LogP contribution in [-0.2, 0) is 12.7 Å². The average molecular weight is 297 g/mol. The number of rotatable bonds is 4. The van der Waals surface area contributed by atoms with Crippen LogP contribution in [0.3, 0.4) is 0 Å². The van der Waals surface area contributed by atoms with Crippen molar-refractivity contribution in [2.75, 3.05) is 6.54 Å². The van der Waals surface area contributed by atoms with Crippen molar-refractivity contribution < 1.29 is 17.6 Å². The second-order valence-electron chi connectivity index (χ2n) is 4.63. The SMILES string of the molecule is CCNCc1cc(-c2ccccc2C(F)(F)F)ccc1F. The predicted octanol–water partition coefficient (Wildman–Crippen LogP) is 4.62. The topological polar surface area (TPSA) is 12.0 Å². The van der Waals surface area contributed by atoms with Crippen LogP contribution in [-0.4, -0.2) is 6.54 Å². The molecule has 0 heterocycles. The van der Waals surface area contributed by atoms with Crippen LogP contribution in [0.4, 0.5) is 17.6 Å². The van der Waals surface area contributed by atoms with Crippen molar-refractivity contribution in [3.05, 3.63) is 59.4 Å². The lowest BCUT2D eigenvalue weighted by Crippen LogP contribution is -2.13. The van der Waals surface area contributed by atoms with Crippen molar-refractivity contribution in [2.45, 2.75) is 19.6 Å². The Kier molecular flexibility index (Phi) is 4.63. The first-order chi connectivity index (χ1) is 9.93. The molecule has 1 N–H and O–H groups in total. The molecule has 0 aliphatic rings. The van der Waals surface area contributed by atoms with Crippen LogP contribution in [0.1, 0.15) is 18.1 Å². The Morgan fingerprint density at radius 2 is 1.76 bits per heavy atom. The van der Waals surface area contributed by atoms with Crippen molar-refractivity contribution in [3.63, 3.8) is 0 Å². The van der Waals surface area contributed by atoms with Crippen LogP contribution in [0.5, 0.6) is 0 Å². The molecule has 5 heteroatoms. The van der Waals surface area contributed by atoms with E-state index in [1.54, 1.807) is 0 Å². The van der Waals surface area contributed by atoms with Gasteiger partial charge >= 0.3 is 6.18 Å². The Morgan fingerprint density at radius 3 is 2.43 bits per heavy atom. The third-order valence-corrected chi connectivity index (χ3v) is 3.15. The minimum absolute atomic E-state index is 0.0581. The highest BCUT2D eigenvalue weighted by atomic mass is 19.4. The zero-order chi connectivity index (χ0) is 15.5. The van der Waals surface area contributed by atoms with Crippen molar-refractivity contribution in [1.82, 2.24) is 5.32 Å². The maximum Gasteiger partial charge on any atom is 0.417 e. The van der Waals surface area contributed by atoms with E-state index in [-0.39, 0.29) is 12.1 Å². The Labute approximate surface area is 120 Å². The van der Waals surface area contributed by atoms with Gasteiger partial charge in [0.1, 0.15) is 5.82 Å². The largest absolute Gasteiger partial charge is 0.417 e. The molecule has 0 aliphatic carbocycles. The molecule has 2 rings (SSSR count). The van der Waals surface area contributed by atoms with Crippen LogP contribution in [0.25, 0.3) is 11.1 Å². The maximum atomic E-state index is 13.7. The van der Waals surface area contributed by atoms with Crippen LogP contribution in [0.2, 0.25) is 0 Å². The molecule has 0 saturated carbocycles. The van der Waals surface area contributed by atoms with Gasteiger partial charge in [-0.25, -0.2) is 4.39 Å². The van der Waals surface area contributed by atoms with E-state index in [9.17, 15) is 17.6 Å². The molecule has 0 saturated heterocycles. The first-order valence-electron chi connectivity index (χ1n) is 6.59. The molecular weight excluding hydrogens is 282 g/mol. The van der Waals surface area contributed by atoms with Gasteiger partial charge in [-0.2, -0.15) is 13.2 Å². The van der Waals surface area contributed by atoms with E-state index in [0.717, 1.165) is 6.07 Å². The normalized spacial score (nSPS) is 11.7. The smallest absolute Gasteiger partial charge is 0.313 e. The molecular formula is C16H15F4N. The van der Waals surface area contributed by atoms with E-state index >= 15 is 0 Å². The molecule has 1 nitrogen and oxygen atoms in total. The number of hydrogen-bond donors (Lipinski definition) is 1. The fourth-order valence-corrected chi connectivity index (χ4v) is 2.12. The number of halogens is 4. The van der Waals surface area contributed by atoms with Crippen molar-refractivity contribution in [1.29, 1.82) is 0 Å². The highest BCUT2D eigenvalue weighted by molar-refractivity contribution is 5.68. The van der Waals surface area contributed by atoms with Gasteiger partial charge in [0, 0.05) is 12.1 Å². The molecule has 0 radical (unpaired) electrons. The van der Waals surface area contributed by atoms with Gasteiger partial charge in [-0.05, 0) is 35.9 Å². The lowest BCUT2D eigenvalue weighted by molar-refractivity contribution is -0.137. The molecule has 112 valence electrons. The summed E-state index contributed by atoms with van der Waals surface area (Å²) in [4.78, 5) is 0. The second-order valence-corrected chi connectivity index (χ2v) is 4.63. The van der Waals surface area contributed by atoms with E-state index in [2.05, 4.69) is 5.32 Å². The lowest BCUT2D eigenvalue weighted by Gasteiger charge is -2.14. The molecule has 21 heavy (non-hydrogen) atoms. The van der Waals surface area contributed by atoms with Crippen molar-refractivity contribution in [3.8, 4) is 11.1 Å². The molecule has 0 aromatic heterocycles. The van der Waals surface area contributed by atoms with E-state index in [1.165, 1.54) is 36.4 Å². The van der Waals surface area contributed by atoms with Gasteiger partial charge in [-0.15, -0.1) is 0 Å². The van der Waals surface area contributed by atoms with Gasteiger partial charge in [0.25, 0.3) is 0 Å². The van der Waals surface area contributed by atoms with Gasteiger partial charge in [-0.3, -0.25) is 0 Å². The summed E-state index contributed by atoms with van der Waals surface area (Å²) in [6.07, 6.45) is -4.44. The molecule has 0 spiro atoms. The lowest BCUT2D eigenvalue weighted by atomic mass is 9.97. The zero-order valence-electron chi connectivity index (χ0n) is 11.5. The number of alkyl halides is 3. The molecule has 0 atom stereocenters. The van der Waals surface area contributed by atoms with E-state index in [0.29, 0.717) is 17.7 Å². The molecule has 2 aromatic rings. The number of hydrogen-bond acceptors (Lipinski definition) is 1. The average Bonchev–Trinajstić information content (AvgIpc) is 2.45. The second kappa shape index (κ2) is 6.26. The fourth-order valence-electron chi connectivity index (χ4n) is 2.12. The van der Waals surface area contributed by atoms with Crippen molar-refractivity contribution >= 4 is 0 Å². The molecule has 0 bridgehead atoms. The Hall–Kier alpha value is -1.88. The quantitative estimate of drug-likeness (QED) is 0.812. The Bertz CT molecular complexity index is 620. The van der Waals surface area contributed by atoms with E-state index < -0.39 is 17.6 Å². The minimum Gasteiger partial charge on any atom is -0.313 e. The summed E-state index contributed by atoms with van der Waals surface area (Å²) in [5.74, 6) is -0.427. The standard InChI is InChI=1S/C16H15F4N/c1-2-21-10-12-9-11(7-8-15(12)17)13-5-3-4-6-14(13)16(18,19)20/h3-9,21H,2,10H2,1H3. The van der Waals surface area contributed by atoms with Gasteiger partial charge in [0.05, 0.1) is 5.56 Å². The van der Waals surface area contributed by atoms with Gasteiger partial charge < -0.3 is 5.32 Å².